The quantitative estimate of drug-likeness (QED) is 0.579. The number of hydrogen-bond acceptors (Lipinski definition) is 1. The van der Waals surface area contributed by atoms with Crippen LogP contribution in [0, 0.1) is 12.7 Å². The maximum Gasteiger partial charge on any atom is 0.195 e. The lowest BCUT2D eigenvalue weighted by molar-refractivity contribution is 0.479. The molecule has 17 heavy (non-hydrogen) atoms. The molecule has 94 valence electrons. The molecule has 0 heterocycles. The second kappa shape index (κ2) is 5.66. The molecule has 0 saturated heterocycles. The lowest BCUT2D eigenvalue weighted by atomic mass is 10.1. The van der Waals surface area contributed by atoms with Gasteiger partial charge in [-0.15, -0.1) is 0 Å². The maximum absolute atomic E-state index is 13.4. The van der Waals surface area contributed by atoms with Gasteiger partial charge in [0.25, 0.3) is 0 Å². The first-order valence-corrected chi connectivity index (χ1v) is 5.56. The topological polar surface area (TPSA) is 18.8 Å². The zero-order valence-electron chi connectivity index (χ0n) is 11.2. The summed E-state index contributed by atoms with van der Waals surface area (Å²) in [7, 11) is 7.76. The predicted octanol–water partition coefficient (Wildman–Crippen LogP) is 2.11. The molecule has 3 nitrogen and oxygen atoms in total. The normalized spacial score (nSPS) is 10.0. The van der Waals surface area contributed by atoms with E-state index in [4.69, 9.17) is 0 Å². The Balaban J connectivity index is 2.83. The van der Waals surface area contributed by atoms with E-state index in [9.17, 15) is 4.39 Å². The summed E-state index contributed by atoms with van der Waals surface area (Å²) in [5, 5.41) is 0. The Morgan fingerprint density at radius 3 is 2.24 bits per heavy atom. The molecule has 0 fully saturated rings. The van der Waals surface area contributed by atoms with Crippen molar-refractivity contribution in [3.63, 3.8) is 0 Å². The monoisotopic (exact) mass is 237 g/mol. The zero-order chi connectivity index (χ0) is 13.0. The Morgan fingerprint density at radius 1 is 1.18 bits per heavy atom. The minimum Gasteiger partial charge on any atom is -0.349 e. The van der Waals surface area contributed by atoms with Gasteiger partial charge in [0.05, 0.1) is 6.54 Å². The number of halogens is 1. The Labute approximate surface area is 103 Å². The van der Waals surface area contributed by atoms with E-state index in [1.165, 1.54) is 0 Å². The van der Waals surface area contributed by atoms with Gasteiger partial charge >= 0.3 is 0 Å². The van der Waals surface area contributed by atoms with Gasteiger partial charge in [-0.25, -0.2) is 9.38 Å². The van der Waals surface area contributed by atoms with Crippen molar-refractivity contribution in [2.24, 2.45) is 4.99 Å². The number of rotatable bonds is 2. The second-order valence-corrected chi connectivity index (χ2v) is 4.49. The van der Waals surface area contributed by atoms with Crippen molar-refractivity contribution >= 4 is 5.96 Å². The molecule has 0 atom stereocenters. The van der Waals surface area contributed by atoms with Crippen LogP contribution < -0.4 is 0 Å². The summed E-state index contributed by atoms with van der Waals surface area (Å²) < 4.78 is 13.4. The highest BCUT2D eigenvalue weighted by Crippen LogP contribution is 2.10. The molecular weight excluding hydrogens is 217 g/mol. The zero-order valence-corrected chi connectivity index (χ0v) is 11.2. The molecule has 0 radical (unpaired) electrons. The van der Waals surface area contributed by atoms with E-state index in [2.05, 4.69) is 4.99 Å². The summed E-state index contributed by atoms with van der Waals surface area (Å²) in [4.78, 5) is 8.34. The van der Waals surface area contributed by atoms with Crippen LogP contribution in [0.5, 0.6) is 0 Å². The van der Waals surface area contributed by atoms with Crippen LogP contribution in [0.15, 0.2) is 23.2 Å². The lowest BCUT2D eigenvalue weighted by Crippen LogP contribution is -2.35. The van der Waals surface area contributed by atoms with E-state index in [0.29, 0.717) is 12.1 Å². The van der Waals surface area contributed by atoms with Gasteiger partial charge in [-0.3, -0.25) is 0 Å². The predicted molar refractivity (Wildman–Crippen MR) is 69.7 cm³/mol. The molecule has 1 aromatic carbocycles. The molecule has 4 heteroatoms. The number of guanidine groups is 1. The highest BCUT2D eigenvalue weighted by atomic mass is 19.1. The van der Waals surface area contributed by atoms with Gasteiger partial charge in [0, 0.05) is 28.2 Å². The standard InChI is InChI=1S/C13H20FN3/c1-10-6-7-11(8-12(10)14)9-15-13(16(2)3)17(4)5/h6-8H,9H2,1-5H3. The third kappa shape index (κ3) is 3.73. The Kier molecular flexibility index (Phi) is 4.49. The minimum absolute atomic E-state index is 0.172. The summed E-state index contributed by atoms with van der Waals surface area (Å²) in [6.07, 6.45) is 0. The summed E-state index contributed by atoms with van der Waals surface area (Å²) in [6, 6.07) is 5.23. The summed E-state index contributed by atoms with van der Waals surface area (Å²) >= 11 is 0. The first kappa shape index (κ1) is 13.5. The highest BCUT2D eigenvalue weighted by Gasteiger charge is 2.04. The van der Waals surface area contributed by atoms with Gasteiger partial charge in [0.2, 0.25) is 0 Å². The van der Waals surface area contributed by atoms with Gasteiger partial charge in [-0.2, -0.15) is 0 Å². The maximum atomic E-state index is 13.4. The van der Waals surface area contributed by atoms with Gasteiger partial charge in [0.1, 0.15) is 5.82 Å². The Morgan fingerprint density at radius 2 is 1.76 bits per heavy atom. The first-order valence-electron chi connectivity index (χ1n) is 5.56. The number of benzene rings is 1. The van der Waals surface area contributed by atoms with Crippen LogP contribution in [0.3, 0.4) is 0 Å². The number of hydrogen-bond donors (Lipinski definition) is 0. The van der Waals surface area contributed by atoms with Gasteiger partial charge in [0.15, 0.2) is 5.96 Å². The molecule has 0 saturated carbocycles. The first-order chi connectivity index (χ1) is 7.91. The largest absolute Gasteiger partial charge is 0.349 e. The second-order valence-electron chi connectivity index (χ2n) is 4.49. The molecule has 1 aromatic rings. The lowest BCUT2D eigenvalue weighted by Gasteiger charge is -2.22. The number of aryl methyl sites for hydroxylation is 1. The van der Waals surface area contributed by atoms with E-state index in [1.54, 1.807) is 19.1 Å². The van der Waals surface area contributed by atoms with E-state index >= 15 is 0 Å². The van der Waals surface area contributed by atoms with E-state index < -0.39 is 0 Å². The fraction of sp³-hybridized carbons (Fsp3) is 0.462. The average Bonchev–Trinajstić information content (AvgIpc) is 2.22. The number of aliphatic imine (C=N–C) groups is 1. The summed E-state index contributed by atoms with van der Waals surface area (Å²) in [5.41, 5.74) is 1.55. The fourth-order valence-corrected chi connectivity index (χ4v) is 1.58. The minimum atomic E-state index is -0.172. The van der Waals surface area contributed by atoms with Crippen LogP contribution in [-0.2, 0) is 6.54 Å². The van der Waals surface area contributed by atoms with Crippen molar-refractivity contribution in [2.75, 3.05) is 28.2 Å². The van der Waals surface area contributed by atoms with Gasteiger partial charge in [-0.05, 0) is 24.1 Å². The molecule has 0 aromatic heterocycles. The van der Waals surface area contributed by atoms with Crippen LogP contribution in [0.4, 0.5) is 4.39 Å². The summed E-state index contributed by atoms with van der Waals surface area (Å²) in [5.74, 6) is 0.694. The average molecular weight is 237 g/mol. The third-order valence-electron chi connectivity index (χ3n) is 2.44. The third-order valence-corrected chi connectivity index (χ3v) is 2.44. The molecule has 0 spiro atoms. The summed E-state index contributed by atoms with van der Waals surface area (Å²) in [6.45, 7) is 2.25. The van der Waals surface area contributed by atoms with Crippen LogP contribution in [0.25, 0.3) is 0 Å². The molecule has 0 aliphatic carbocycles. The Hall–Kier alpha value is -1.58. The molecule has 0 aliphatic heterocycles. The smallest absolute Gasteiger partial charge is 0.195 e. The molecule has 0 bridgehead atoms. The molecular formula is C13H20FN3. The van der Waals surface area contributed by atoms with Gasteiger partial charge in [-0.1, -0.05) is 12.1 Å². The van der Waals surface area contributed by atoms with Crippen molar-refractivity contribution in [1.29, 1.82) is 0 Å². The van der Waals surface area contributed by atoms with Crippen molar-refractivity contribution < 1.29 is 4.39 Å². The molecule has 0 aliphatic rings. The van der Waals surface area contributed by atoms with Crippen LogP contribution in [-0.4, -0.2) is 44.0 Å². The molecule has 0 unspecified atom stereocenters. The fourth-order valence-electron chi connectivity index (χ4n) is 1.58. The SMILES string of the molecule is Cc1ccc(CN=C(N(C)C)N(C)C)cc1F. The van der Waals surface area contributed by atoms with E-state index in [0.717, 1.165) is 11.5 Å². The highest BCUT2D eigenvalue weighted by molar-refractivity contribution is 5.79. The van der Waals surface area contributed by atoms with Crippen LogP contribution in [0.2, 0.25) is 0 Å². The van der Waals surface area contributed by atoms with Crippen molar-refractivity contribution in [3.05, 3.63) is 35.1 Å². The van der Waals surface area contributed by atoms with Crippen molar-refractivity contribution in [3.8, 4) is 0 Å². The van der Waals surface area contributed by atoms with Crippen molar-refractivity contribution in [1.82, 2.24) is 9.80 Å². The number of nitrogens with zero attached hydrogens (tertiary/aromatic N) is 3. The van der Waals surface area contributed by atoms with Crippen LogP contribution >= 0.6 is 0 Å². The van der Waals surface area contributed by atoms with Crippen molar-refractivity contribution in [2.45, 2.75) is 13.5 Å². The molecule has 1 rings (SSSR count). The molecule has 0 N–H and O–H groups in total. The van der Waals surface area contributed by atoms with Gasteiger partial charge < -0.3 is 9.80 Å². The van der Waals surface area contributed by atoms with Crippen LogP contribution in [0.1, 0.15) is 11.1 Å². The molecule has 0 amide bonds. The van der Waals surface area contributed by atoms with E-state index in [1.807, 2.05) is 44.1 Å². The Bertz CT molecular complexity index is 401. The van der Waals surface area contributed by atoms with E-state index in [-0.39, 0.29) is 5.82 Å².